The Morgan fingerprint density at radius 2 is 2.00 bits per heavy atom. The van der Waals surface area contributed by atoms with Crippen LogP contribution < -0.4 is 5.14 Å². The van der Waals surface area contributed by atoms with Gasteiger partial charge >= 0.3 is 0 Å². The van der Waals surface area contributed by atoms with E-state index in [2.05, 4.69) is 10.1 Å². The Balaban J connectivity index is 3.43. The number of nitrogens with zero attached hydrogens (tertiary/aromatic N) is 1. The standard InChI is InChI=1S/C6H5F3N2O2S/c7-4-3(14(10,12)13)1-2-11-5(4)6(8)9/h1-2,6H,(H2,10,12,13). The van der Waals surface area contributed by atoms with Crippen molar-refractivity contribution in [2.45, 2.75) is 11.3 Å². The number of primary sulfonamides is 1. The number of hydrogen-bond donors (Lipinski definition) is 1. The average molecular weight is 226 g/mol. The molecule has 4 nitrogen and oxygen atoms in total. The highest BCUT2D eigenvalue weighted by molar-refractivity contribution is 7.89. The SMILES string of the molecule is NS(=O)(=O)c1ccnc(C(F)F)c1F. The number of aromatic nitrogens is 1. The largest absolute Gasteiger partial charge is 0.283 e. The summed E-state index contributed by atoms with van der Waals surface area (Å²) in [5, 5.41) is 4.59. The summed E-state index contributed by atoms with van der Waals surface area (Å²) in [6, 6.07) is 0.719. The Kier molecular flexibility index (Phi) is 2.76. The van der Waals surface area contributed by atoms with E-state index in [-0.39, 0.29) is 0 Å². The van der Waals surface area contributed by atoms with Crippen molar-refractivity contribution in [1.82, 2.24) is 4.98 Å². The summed E-state index contributed by atoms with van der Waals surface area (Å²) in [6.45, 7) is 0. The van der Waals surface area contributed by atoms with Gasteiger partial charge in [0.05, 0.1) is 0 Å². The first-order valence-corrected chi connectivity index (χ1v) is 4.84. The summed E-state index contributed by atoms with van der Waals surface area (Å²) in [7, 11) is -4.34. The van der Waals surface area contributed by atoms with Crippen molar-refractivity contribution in [2.75, 3.05) is 0 Å². The number of sulfonamides is 1. The summed E-state index contributed by atoms with van der Waals surface area (Å²) in [4.78, 5) is 2.02. The van der Waals surface area contributed by atoms with Crippen LogP contribution in [0.3, 0.4) is 0 Å². The van der Waals surface area contributed by atoms with Crippen LogP contribution in [0.1, 0.15) is 12.1 Å². The van der Waals surface area contributed by atoms with Gasteiger partial charge in [0.2, 0.25) is 10.0 Å². The van der Waals surface area contributed by atoms with Gasteiger partial charge in [0.15, 0.2) is 5.82 Å². The first-order valence-electron chi connectivity index (χ1n) is 3.29. The van der Waals surface area contributed by atoms with Crippen LogP contribution in [-0.4, -0.2) is 13.4 Å². The zero-order valence-corrected chi connectivity index (χ0v) is 7.43. The van der Waals surface area contributed by atoms with E-state index >= 15 is 0 Å². The van der Waals surface area contributed by atoms with Gasteiger partial charge in [0.25, 0.3) is 6.43 Å². The van der Waals surface area contributed by atoms with Crippen molar-refractivity contribution in [3.63, 3.8) is 0 Å². The second-order valence-electron chi connectivity index (χ2n) is 2.35. The van der Waals surface area contributed by atoms with Crippen LogP contribution in [-0.2, 0) is 10.0 Å². The normalized spacial score (nSPS) is 12.1. The third-order valence-corrected chi connectivity index (χ3v) is 2.32. The molecule has 78 valence electrons. The van der Waals surface area contributed by atoms with Crippen LogP contribution in [0.5, 0.6) is 0 Å². The number of nitrogens with two attached hydrogens (primary N) is 1. The molecule has 0 atom stereocenters. The first-order chi connectivity index (χ1) is 6.34. The van der Waals surface area contributed by atoms with Crippen molar-refractivity contribution in [3.05, 3.63) is 23.8 Å². The summed E-state index contributed by atoms with van der Waals surface area (Å²) in [6.07, 6.45) is -2.43. The molecule has 0 bridgehead atoms. The molecular weight excluding hydrogens is 221 g/mol. The molecule has 1 aromatic rings. The molecular formula is C6H5F3N2O2S. The second-order valence-corrected chi connectivity index (χ2v) is 3.88. The van der Waals surface area contributed by atoms with E-state index in [1.54, 1.807) is 0 Å². The Labute approximate surface area is 77.6 Å². The van der Waals surface area contributed by atoms with Gasteiger partial charge in [0, 0.05) is 6.20 Å². The lowest BCUT2D eigenvalue weighted by molar-refractivity contribution is 0.139. The minimum absolute atomic E-state index is 0.719. The molecule has 0 spiro atoms. The molecule has 0 amide bonds. The predicted molar refractivity (Wildman–Crippen MR) is 40.5 cm³/mol. The van der Waals surface area contributed by atoms with Crippen LogP contribution in [0.4, 0.5) is 13.2 Å². The van der Waals surface area contributed by atoms with E-state index in [9.17, 15) is 21.6 Å². The molecule has 1 aromatic heterocycles. The maximum Gasteiger partial charge on any atom is 0.283 e. The maximum absolute atomic E-state index is 13.0. The van der Waals surface area contributed by atoms with Crippen molar-refractivity contribution < 1.29 is 21.6 Å². The summed E-state index contributed by atoms with van der Waals surface area (Å²) in [5.41, 5.74) is -1.23. The molecule has 0 saturated heterocycles. The number of alkyl halides is 2. The third kappa shape index (κ3) is 2.02. The van der Waals surface area contributed by atoms with Crippen molar-refractivity contribution >= 4 is 10.0 Å². The minimum Gasteiger partial charge on any atom is -0.252 e. The van der Waals surface area contributed by atoms with Crippen LogP contribution in [0, 0.1) is 5.82 Å². The number of halogens is 3. The fraction of sp³-hybridized carbons (Fsp3) is 0.167. The fourth-order valence-electron chi connectivity index (χ4n) is 0.813. The van der Waals surface area contributed by atoms with Gasteiger partial charge < -0.3 is 0 Å². The lowest BCUT2D eigenvalue weighted by Gasteiger charge is -2.03. The minimum atomic E-state index is -4.34. The number of hydrogen-bond acceptors (Lipinski definition) is 3. The molecule has 0 saturated carbocycles. The van der Waals surface area contributed by atoms with E-state index in [4.69, 9.17) is 0 Å². The molecule has 14 heavy (non-hydrogen) atoms. The summed E-state index contributed by atoms with van der Waals surface area (Å²) >= 11 is 0. The summed E-state index contributed by atoms with van der Waals surface area (Å²) in [5.74, 6) is -1.61. The van der Waals surface area contributed by atoms with Gasteiger partial charge in [-0.1, -0.05) is 0 Å². The quantitative estimate of drug-likeness (QED) is 0.810. The van der Waals surface area contributed by atoms with E-state index in [1.807, 2.05) is 0 Å². The number of rotatable bonds is 2. The number of pyridine rings is 1. The second kappa shape index (κ2) is 3.54. The molecule has 0 aliphatic carbocycles. The maximum atomic E-state index is 13.0. The van der Waals surface area contributed by atoms with E-state index in [0.29, 0.717) is 0 Å². The molecule has 1 rings (SSSR count). The van der Waals surface area contributed by atoms with Gasteiger partial charge in [-0.05, 0) is 6.07 Å². The van der Waals surface area contributed by atoms with Gasteiger partial charge in [0.1, 0.15) is 10.6 Å². The lowest BCUT2D eigenvalue weighted by Crippen LogP contribution is -2.15. The highest BCUT2D eigenvalue weighted by atomic mass is 32.2. The third-order valence-electron chi connectivity index (χ3n) is 1.39. The molecule has 2 N–H and O–H groups in total. The Morgan fingerprint density at radius 1 is 1.43 bits per heavy atom. The van der Waals surface area contributed by atoms with Gasteiger partial charge in [-0.15, -0.1) is 0 Å². The zero-order chi connectivity index (χ0) is 10.9. The molecule has 1 heterocycles. The van der Waals surface area contributed by atoms with E-state index in [0.717, 1.165) is 12.3 Å². The van der Waals surface area contributed by atoms with Crippen LogP contribution >= 0.6 is 0 Å². The Bertz CT molecular complexity index is 446. The Hall–Kier alpha value is -1.15. The van der Waals surface area contributed by atoms with E-state index < -0.39 is 32.9 Å². The summed E-state index contributed by atoms with van der Waals surface area (Å²) < 4.78 is 58.5. The predicted octanol–water partition coefficient (Wildman–Crippen LogP) is 0.806. The molecule has 0 aliphatic rings. The average Bonchev–Trinajstić information content (AvgIpc) is 2.01. The highest BCUT2D eigenvalue weighted by Crippen LogP contribution is 2.23. The van der Waals surface area contributed by atoms with E-state index in [1.165, 1.54) is 0 Å². The van der Waals surface area contributed by atoms with Gasteiger partial charge in [-0.25, -0.2) is 26.7 Å². The van der Waals surface area contributed by atoms with Crippen molar-refractivity contribution in [1.29, 1.82) is 0 Å². The Morgan fingerprint density at radius 3 is 2.43 bits per heavy atom. The van der Waals surface area contributed by atoms with Crippen molar-refractivity contribution in [3.8, 4) is 0 Å². The molecule has 8 heteroatoms. The van der Waals surface area contributed by atoms with Crippen LogP contribution in [0.15, 0.2) is 17.2 Å². The fourth-order valence-corrected chi connectivity index (χ4v) is 1.42. The smallest absolute Gasteiger partial charge is 0.252 e. The lowest BCUT2D eigenvalue weighted by atomic mass is 10.3. The van der Waals surface area contributed by atoms with Crippen LogP contribution in [0.25, 0.3) is 0 Å². The van der Waals surface area contributed by atoms with Crippen molar-refractivity contribution in [2.24, 2.45) is 5.14 Å². The molecule has 0 aromatic carbocycles. The first kappa shape index (κ1) is 10.9. The van der Waals surface area contributed by atoms with Gasteiger partial charge in [-0.2, -0.15) is 0 Å². The molecule has 0 unspecified atom stereocenters. The topological polar surface area (TPSA) is 73.1 Å². The van der Waals surface area contributed by atoms with Gasteiger partial charge in [-0.3, -0.25) is 4.98 Å². The molecule has 0 radical (unpaired) electrons. The molecule has 0 fully saturated rings. The zero-order valence-electron chi connectivity index (χ0n) is 6.62. The highest BCUT2D eigenvalue weighted by Gasteiger charge is 2.22. The van der Waals surface area contributed by atoms with Crippen LogP contribution in [0.2, 0.25) is 0 Å². The monoisotopic (exact) mass is 226 g/mol. The molecule has 0 aliphatic heterocycles.